The number of aromatic nitrogens is 1. The Morgan fingerprint density at radius 3 is 2.42 bits per heavy atom. The van der Waals surface area contributed by atoms with E-state index in [1.165, 1.54) is 36.8 Å². The van der Waals surface area contributed by atoms with Crippen LogP contribution in [0.2, 0.25) is 0 Å². The Kier molecular flexibility index (Phi) is 4.33. The van der Waals surface area contributed by atoms with E-state index in [0.29, 0.717) is 12.3 Å². The first kappa shape index (κ1) is 15.4. The lowest BCUT2D eigenvalue weighted by Gasteiger charge is -2.20. The van der Waals surface area contributed by atoms with E-state index in [9.17, 15) is 4.79 Å². The summed E-state index contributed by atoms with van der Waals surface area (Å²) >= 11 is 0. The molecule has 3 nitrogen and oxygen atoms in total. The highest BCUT2D eigenvalue weighted by molar-refractivity contribution is 5.90. The molecule has 0 spiro atoms. The normalized spacial score (nSPS) is 24.9. The Balaban J connectivity index is 1.31. The second kappa shape index (κ2) is 6.76. The number of fused-ring (bicyclic) bond motifs is 2. The van der Waals surface area contributed by atoms with Crippen LogP contribution >= 0.6 is 0 Å². The second-order valence-corrected chi connectivity index (χ2v) is 7.42. The minimum absolute atomic E-state index is 0.175. The van der Waals surface area contributed by atoms with Gasteiger partial charge >= 0.3 is 0 Å². The van der Waals surface area contributed by atoms with E-state index >= 15 is 0 Å². The number of pyridine rings is 1. The highest BCUT2D eigenvalue weighted by Gasteiger charge is 2.40. The monoisotopic (exact) mass is 320 g/mol. The van der Waals surface area contributed by atoms with E-state index in [1.807, 2.05) is 36.7 Å². The third-order valence-electron chi connectivity index (χ3n) is 5.73. The van der Waals surface area contributed by atoms with Gasteiger partial charge in [0, 0.05) is 24.5 Å². The minimum Gasteiger partial charge on any atom is -0.326 e. The summed E-state index contributed by atoms with van der Waals surface area (Å²) in [5.41, 5.74) is 3.40. The smallest absolute Gasteiger partial charge is 0.224 e. The van der Waals surface area contributed by atoms with E-state index in [4.69, 9.17) is 0 Å². The molecule has 3 heteroatoms. The molecule has 1 heterocycles. The van der Waals surface area contributed by atoms with Crippen molar-refractivity contribution >= 4 is 11.6 Å². The molecule has 2 fully saturated rings. The van der Waals surface area contributed by atoms with Gasteiger partial charge in [-0.1, -0.05) is 18.6 Å². The highest BCUT2D eigenvalue weighted by Crippen LogP contribution is 2.49. The maximum absolute atomic E-state index is 12.3. The number of benzene rings is 1. The van der Waals surface area contributed by atoms with E-state index in [-0.39, 0.29) is 5.91 Å². The molecule has 3 atom stereocenters. The van der Waals surface area contributed by atoms with Crippen molar-refractivity contribution in [3.05, 3.63) is 59.9 Å². The van der Waals surface area contributed by atoms with E-state index < -0.39 is 0 Å². The molecule has 2 aliphatic carbocycles. The van der Waals surface area contributed by atoms with Gasteiger partial charge in [0.05, 0.1) is 0 Å². The fourth-order valence-electron chi connectivity index (χ4n) is 4.52. The SMILES string of the molecule is O=C(CC1CC2CCC1C2)Nc1ccc(Cc2ccncc2)cc1. The van der Waals surface area contributed by atoms with Gasteiger partial charge in [0.15, 0.2) is 0 Å². The molecular formula is C21H24N2O. The van der Waals surface area contributed by atoms with Crippen molar-refractivity contribution in [2.24, 2.45) is 17.8 Å². The summed E-state index contributed by atoms with van der Waals surface area (Å²) in [5, 5.41) is 3.07. The first-order valence-electron chi connectivity index (χ1n) is 9.04. The first-order valence-corrected chi connectivity index (χ1v) is 9.04. The topological polar surface area (TPSA) is 42.0 Å². The second-order valence-electron chi connectivity index (χ2n) is 7.42. The van der Waals surface area contributed by atoms with Crippen molar-refractivity contribution in [2.45, 2.75) is 38.5 Å². The van der Waals surface area contributed by atoms with Crippen LogP contribution in [-0.2, 0) is 11.2 Å². The van der Waals surface area contributed by atoms with Crippen molar-refractivity contribution in [1.82, 2.24) is 4.98 Å². The number of rotatable bonds is 5. The van der Waals surface area contributed by atoms with E-state index in [2.05, 4.69) is 22.4 Å². The number of anilines is 1. The van der Waals surface area contributed by atoms with Crippen LogP contribution < -0.4 is 5.32 Å². The molecule has 0 aliphatic heterocycles. The van der Waals surface area contributed by atoms with Crippen LogP contribution in [0.5, 0.6) is 0 Å². The van der Waals surface area contributed by atoms with Gasteiger partial charge in [0.25, 0.3) is 0 Å². The summed E-state index contributed by atoms with van der Waals surface area (Å²) in [6.45, 7) is 0. The lowest BCUT2D eigenvalue weighted by Crippen LogP contribution is -2.20. The number of carbonyl (C=O) groups excluding carboxylic acids is 1. The van der Waals surface area contributed by atoms with Crippen LogP contribution in [0.4, 0.5) is 5.69 Å². The Hall–Kier alpha value is -2.16. The Morgan fingerprint density at radius 2 is 1.75 bits per heavy atom. The molecule has 1 amide bonds. The molecule has 2 aliphatic rings. The quantitative estimate of drug-likeness (QED) is 0.885. The molecule has 3 unspecified atom stereocenters. The number of nitrogens with zero attached hydrogens (tertiary/aromatic N) is 1. The molecule has 0 saturated heterocycles. The number of amides is 1. The maximum Gasteiger partial charge on any atom is 0.224 e. The summed E-state index contributed by atoms with van der Waals surface area (Å²) in [7, 11) is 0. The number of hydrogen-bond donors (Lipinski definition) is 1. The van der Waals surface area contributed by atoms with Gasteiger partial charge < -0.3 is 5.32 Å². The molecule has 1 N–H and O–H groups in total. The summed E-state index contributed by atoms with van der Waals surface area (Å²) in [6, 6.07) is 12.3. The van der Waals surface area contributed by atoms with Crippen LogP contribution in [0.25, 0.3) is 0 Å². The van der Waals surface area contributed by atoms with Crippen LogP contribution in [0.1, 0.15) is 43.2 Å². The predicted octanol–water partition coefficient (Wildman–Crippen LogP) is 4.44. The van der Waals surface area contributed by atoms with Crippen molar-refractivity contribution in [1.29, 1.82) is 0 Å². The Bertz CT molecular complexity index is 696. The molecule has 2 aromatic rings. The third kappa shape index (κ3) is 3.50. The Morgan fingerprint density at radius 1 is 1.00 bits per heavy atom. The number of nitrogens with one attached hydrogen (secondary N) is 1. The summed E-state index contributed by atoms with van der Waals surface area (Å²) in [4.78, 5) is 16.3. The van der Waals surface area contributed by atoms with Crippen molar-refractivity contribution < 1.29 is 4.79 Å². The molecule has 1 aromatic heterocycles. The van der Waals surface area contributed by atoms with Gasteiger partial charge in [-0.2, -0.15) is 0 Å². The number of hydrogen-bond acceptors (Lipinski definition) is 2. The summed E-state index contributed by atoms with van der Waals surface area (Å²) in [6.07, 6.45) is 10.6. The van der Waals surface area contributed by atoms with Gasteiger partial charge in [-0.3, -0.25) is 9.78 Å². The van der Waals surface area contributed by atoms with Crippen molar-refractivity contribution in [3.63, 3.8) is 0 Å². The highest BCUT2D eigenvalue weighted by atomic mass is 16.1. The average molecular weight is 320 g/mol. The molecule has 2 bridgehead atoms. The van der Waals surface area contributed by atoms with Crippen LogP contribution in [0, 0.1) is 17.8 Å². The zero-order valence-corrected chi connectivity index (χ0v) is 13.9. The summed E-state index contributed by atoms with van der Waals surface area (Å²) < 4.78 is 0. The zero-order chi connectivity index (χ0) is 16.4. The maximum atomic E-state index is 12.3. The van der Waals surface area contributed by atoms with Gasteiger partial charge in [-0.05, 0) is 78.8 Å². The lowest BCUT2D eigenvalue weighted by atomic mass is 9.86. The molecule has 4 rings (SSSR count). The largest absolute Gasteiger partial charge is 0.326 e. The Labute approximate surface area is 143 Å². The minimum atomic E-state index is 0.175. The van der Waals surface area contributed by atoms with Crippen LogP contribution in [0.3, 0.4) is 0 Å². The zero-order valence-electron chi connectivity index (χ0n) is 13.9. The standard InChI is InChI=1S/C21H24N2O/c24-21(14-19-13-17-1-4-18(19)12-17)23-20-5-2-15(3-6-20)11-16-7-9-22-10-8-16/h2-3,5-10,17-19H,1,4,11-14H2,(H,23,24). The molecule has 24 heavy (non-hydrogen) atoms. The first-order chi connectivity index (χ1) is 11.8. The van der Waals surface area contributed by atoms with Crippen LogP contribution in [-0.4, -0.2) is 10.9 Å². The van der Waals surface area contributed by atoms with Crippen LogP contribution in [0.15, 0.2) is 48.8 Å². The van der Waals surface area contributed by atoms with Gasteiger partial charge in [0.2, 0.25) is 5.91 Å². The fraction of sp³-hybridized carbons (Fsp3) is 0.429. The molecular weight excluding hydrogens is 296 g/mol. The van der Waals surface area contributed by atoms with Gasteiger partial charge in [-0.25, -0.2) is 0 Å². The predicted molar refractivity (Wildman–Crippen MR) is 95.7 cm³/mol. The average Bonchev–Trinajstić information content (AvgIpc) is 3.20. The third-order valence-corrected chi connectivity index (χ3v) is 5.73. The van der Waals surface area contributed by atoms with Gasteiger partial charge in [0.1, 0.15) is 0 Å². The lowest BCUT2D eigenvalue weighted by molar-refractivity contribution is -0.117. The molecule has 124 valence electrons. The van der Waals surface area contributed by atoms with Gasteiger partial charge in [-0.15, -0.1) is 0 Å². The van der Waals surface area contributed by atoms with E-state index in [0.717, 1.165) is 23.9 Å². The van der Waals surface area contributed by atoms with E-state index in [1.54, 1.807) is 0 Å². The van der Waals surface area contributed by atoms with Crippen molar-refractivity contribution in [3.8, 4) is 0 Å². The van der Waals surface area contributed by atoms with Crippen molar-refractivity contribution in [2.75, 3.05) is 5.32 Å². The molecule has 0 radical (unpaired) electrons. The number of carbonyl (C=O) groups is 1. The molecule has 2 saturated carbocycles. The summed E-state index contributed by atoms with van der Waals surface area (Å²) in [5.74, 6) is 2.51. The fourth-order valence-corrected chi connectivity index (χ4v) is 4.52. The molecule has 1 aromatic carbocycles.